The van der Waals surface area contributed by atoms with Crippen molar-refractivity contribution in [3.8, 4) is 16.9 Å². The number of nitrogens with zero attached hydrogens (tertiary/aromatic N) is 2. The topological polar surface area (TPSA) is 107 Å². The number of fused-ring (bicyclic) bond motifs is 1. The molecule has 1 aromatic heterocycles. The molecule has 3 heterocycles. The third kappa shape index (κ3) is 5.82. The number of nitrogens with one attached hydrogen (secondary N) is 1. The predicted octanol–water partition coefficient (Wildman–Crippen LogP) is 3.90. The summed E-state index contributed by atoms with van der Waals surface area (Å²) in [5.41, 5.74) is 10.9. The second-order valence-corrected chi connectivity index (χ2v) is 9.83. The van der Waals surface area contributed by atoms with Crippen molar-refractivity contribution < 1.29 is 19.1 Å². The first-order chi connectivity index (χ1) is 18.4. The van der Waals surface area contributed by atoms with Gasteiger partial charge in [0.25, 0.3) is 5.91 Å². The van der Waals surface area contributed by atoms with Crippen LogP contribution in [-0.2, 0) is 16.0 Å². The first-order valence-corrected chi connectivity index (χ1v) is 12.9. The summed E-state index contributed by atoms with van der Waals surface area (Å²) in [7, 11) is 0. The predicted molar refractivity (Wildman–Crippen MR) is 147 cm³/mol. The summed E-state index contributed by atoms with van der Waals surface area (Å²) in [5, 5.41) is 3.40. The summed E-state index contributed by atoms with van der Waals surface area (Å²) in [6.07, 6.45) is 5.14. The molecule has 9 heteroatoms. The van der Waals surface area contributed by atoms with Crippen LogP contribution in [0.2, 0.25) is 5.02 Å². The molecular formula is C29H29ClN4O4. The van der Waals surface area contributed by atoms with E-state index in [4.69, 9.17) is 26.8 Å². The number of ether oxygens (including phenoxy) is 2. The molecule has 1 atom stereocenters. The van der Waals surface area contributed by atoms with Crippen molar-refractivity contribution in [3.63, 3.8) is 0 Å². The van der Waals surface area contributed by atoms with Crippen LogP contribution in [0.1, 0.15) is 27.0 Å². The molecule has 5 rings (SSSR count). The quantitative estimate of drug-likeness (QED) is 0.466. The lowest BCUT2D eigenvalue weighted by atomic mass is 9.97. The molecule has 1 saturated heterocycles. The normalized spacial score (nSPS) is 16.8. The highest BCUT2D eigenvalue weighted by molar-refractivity contribution is 6.32. The number of hydrogen-bond acceptors (Lipinski definition) is 6. The fourth-order valence-corrected chi connectivity index (χ4v) is 4.93. The van der Waals surface area contributed by atoms with Gasteiger partial charge in [-0.05, 0) is 65.6 Å². The van der Waals surface area contributed by atoms with Crippen LogP contribution < -0.4 is 15.8 Å². The molecule has 38 heavy (non-hydrogen) atoms. The van der Waals surface area contributed by atoms with Gasteiger partial charge in [-0.2, -0.15) is 0 Å². The molecule has 2 aliphatic heterocycles. The van der Waals surface area contributed by atoms with Crippen LogP contribution in [-0.4, -0.2) is 60.7 Å². The molecule has 196 valence electrons. The summed E-state index contributed by atoms with van der Waals surface area (Å²) >= 11 is 6.59. The number of carbonyl (C=O) groups excluding carboxylic acids is 2. The van der Waals surface area contributed by atoms with Crippen LogP contribution in [0.4, 0.5) is 5.82 Å². The number of nitrogen functional groups attached to an aromatic ring is 1. The van der Waals surface area contributed by atoms with E-state index in [1.165, 1.54) is 6.08 Å². The molecule has 0 radical (unpaired) electrons. The fourth-order valence-electron chi connectivity index (χ4n) is 4.65. The van der Waals surface area contributed by atoms with Gasteiger partial charge in [0.2, 0.25) is 5.91 Å². The van der Waals surface area contributed by atoms with Crippen molar-refractivity contribution in [2.45, 2.75) is 19.4 Å². The van der Waals surface area contributed by atoms with Gasteiger partial charge in [0.15, 0.2) is 0 Å². The molecule has 2 aromatic carbocycles. The molecule has 2 aliphatic rings. The van der Waals surface area contributed by atoms with Gasteiger partial charge in [0, 0.05) is 42.9 Å². The van der Waals surface area contributed by atoms with E-state index in [1.54, 1.807) is 24.4 Å². The number of anilines is 1. The smallest absolute Gasteiger partial charge is 0.254 e. The van der Waals surface area contributed by atoms with Gasteiger partial charge >= 0.3 is 0 Å². The SMILES string of the molecule is Cc1cc(-c2cc(Cl)c3c(c2)CC(CNC(=O)/C=C/c2ccc(N)nc2)O3)ccc1C(=O)N1CCOCC1. The highest BCUT2D eigenvalue weighted by Gasteiger charge is 2.27. The fraction of sp³-hybridized carbons (Fsp3) is 0.276. The lowest BCUT2D eigenvalue weighted by Crippen LogP contribution is -2.40. The summed E-state index contributed by atoms with van der Waals surface area (Å²) in [5.74, 6) is 0.879. The summed E-state index contributed by atoms with van der Waals surface area (Å²) < 4.78 is 11.4. The van der Waals surface area contributed by atoms with Crippen LogP contribution in [0.3, 0.4) is 0 Å². The second-order valence-electron chi connectivity index (χ2n) is 9.42. The molecule has 0 aliphatic carbocycles. The first kappa shape index (κ1) is 25.8. The van der Waals surface area contributed by atoms with Crippen molar-refractivity contribution >= 4 is 35.3 Å². The number of nitrogens with two attached hydrogens (primary N) is 1. The van der Waals surface area contributed by atoms with E-state index < -0.39 is 0 Å². The highest BCUT2D eigenvalue weighted by Crippen LogP contribution is 2.40. The second kappa shape index (κ2) is 11.2. The maximum atomic E-state index is 12.9. The van der Waals surface area contributed by atoms with Crippen LogP contribution in [0.5, 0.6) is 5.75 Å². The average Bonchev–Trinajstić information content (AvgIpc) is 3.35. The van der Waals surface area contributed by atoms with Crippen molar-refractivity contribution in [3.05, 3.63) is 82.0 Å². The summed E-state index contributed by atoms with van der Waals surface area (Å²) in [6.45, 7) is 4.66. The largest absolute Gasteiger partial charge is 0.486 e. The molecule has 0 spiro atoms. The number of aryl methyl sites for hydroxylation is 1. The van der Waals surface area contributed by atoms with Gasteiger partial charge in [-0.15, -0.1) is 0 Å². The van der Waals surface area contributed by atoms with Gasteiger partial charge in [0.05, 0.1) is 24.8 Å². The number of benzene rings is 2. The van der Waals surface area contributed by atoms with Crippen LogP contribution in [0.25, 0.3) is 17.2 Å². The molecule has 3 N–H and O–H groups in total. The zero-order valence-corrected chi connectivity index (χ0v) is 21.8. The van der Waals surface area contributed by atoms with Gasteiger partial charge in [-0.1, -0.05) is 23.7 Å². The summed E-state index contributed by atoms with van der Waals surface area (Å²) in [6, 6.07) is 13.3. The minimum atomic E-state index is -0.227. The Hall–Kier alpha value is -3.88. The van der Waals surface area contributed by atoms with E-state index in [1.807, 2.05) is 36.1 Å². The Balaban J connectivity index is 1.22. The number of morpholine rings is 1. The minimum absolute atomic E-state index is 0.0302. The molecule has 0 bridgehead atoms. The van der Waals surface area contributed by atoms with Crippen molar-refractivity contribution in [2.75, 3.05) is 38.6 Å². The maximum absolute atomic E-state index is 12.9. The Morgan fingerprint density at radius 3 is 2.71 bits per heavy atom. The van der Waals surface area contributed by atoms with Crippen molar-refractivity contribution in [1.82, 2.24) is 15.2 Å². The monoisotopic (exact) mass is 532 g/mol. The molecule has 2 amide bonds. The lowest BCUT2D eigenvalue weighted by Gasteiger charge is -2.27. The zero-order chi connectivity index (χ0) is 26.6. The van der Waals surface area contributed by atoms with Crippen molar-refractivity contribution in [1.29, 1.82) is 0 Å². The number of carbonyl (C=O) groups is 2. The number of pyridine rings is 1. The number of hydrogen-bond donors (Lipinski definition) is 2. The molecule has 0 saturated carbocycles. The molecule has 8 nitrogen and oxygen atoms in total. The van der Waals surface area contributed by atoms with Gasteiger partial charge in [-0.25, -0.2) is 4.98 Å². The van der Waals surface area contributed by atoms with E-state index in [2.05, 4.69) is 16.4 Å². The number of amides is 2. The van der Waals surface area contributed by atoms with E-state index >= 15 is 0 Å². The van der Waals surface area contributed by atoms with E-state index in [0.717, 1.165) is 27.8 Å². The minimum Gasteiger partial charge on any atom is -0.486 e. The number of halogens is 1. The standard InChI is InChI=1S/C29H29ClN4O4/c1-18-12-20(4-5-24(18)29(36)34-8-10-37-11-9-34)21-13-22-14-23(38-28(22)25(30)15-21)17-33-27(35)7-3-19-2-6-26(31)32-16-19/h2-7,12-13,15-16,23H,8-11,14,17H2,1H3,(H2,31,32)(H,33,35)/b7-3+. The van der Waals surface area contributed by atoms with Crippen molar-refractivity contribution in [2.24, 2.45) is 0 Å². The highest BCUT2D eigenvalue weighted by atomic mass is 35.5. The Morgan fingerprint density at radius 2 is 1.97 bits per heavy atom. The summed E-state index contributed by atoms with van der Waals surface area (Å²) in [4.78, 5) is 31.0. The maximum Gasteiger partial charge on any atom is 0.254 e. The third-order valence-corrected chi connectivity index (χ3v) is 6.96. The zero-order valence-electron chi connectivity index (χ0n) is 21.1. The van der Waals surface area contributed by atoms with Gasteiger partial charge < -0.3 is 25.4 Å². The van der Waals surface area contributed by atoms with E-state index in [0.29, 0.717) is 61.4 Å². The Bertz CT molecular complexity index is 1380. The first-order valence-electron chi connectivity index (χ1n) is 12.5. The molecule has 1 unspecified atom stereocenters. The lowest BCUT2D eigenvalue weighted by molar-refractivity contribution is -0.116. The van der Waals surface area contributed by atoms with Gasteiger partial charge in [-0.3, -0.25) is 9.59 Å². The molecule has 3 aromatic rings. The number of rotatable bonds is 6. The Kier molecular flexibility index (Phi) is 7.62. The van der Waals surface area contributed by atoms with Crippen LogP contribution in [0, 0.1) is 6.92 Å². The van der Waals surface area contributed by atoms with Gasteiger partial charge in [0.1, 0.15) is 17.7 Å². The third-order valence-electron chi connectivity index (χ3n) is 6.68. The average molecular weight is 533 g/mol. The Labute approximate surface area is 226 Å². The molecule has 1 fully saturated rings. The van der Waals surface area contributed by atoms with Crippen LogP contribution in [0.15, 0.2) is 54.7 Å². The van der Waals surface area contributed by atoms with Crippen LogP contribution >= 0.6 is 11.6 Å². The Morgan fingerprint density at radius 1 is 1.16 bits per heavy atom. The van der Waals surface area contributed by atoms with E-state index in [-0.39, 0.29) is 17.9 Å². The van der Waals surface area contributed by atoms with E-state index in [9.17, 15) is 9.59 Å². The number of aromatic nitrogens is 1. The molecular weight excluding hydrogens is 504 g/mol.